The highest BCUT2D eigenvalue weighted by Crippen LogP contribution is 2.20. The molecule has 0 radical (unpaired) electrons. The van der Waals surface area contributed by atoms with E-state index in [1.54, 1.807) is 6.26 Å². The average Bonchev–Trinajstić information content (AvgIpc) is 2.97. The van der Waals surface area contributed by atoms with Crippen LogP contribution in [0.1, 0.15) is 31.7 Å². The molecule has 4 heteroatoms. The van der Waals surface area contributed by atoms with Crippen LogP contribution in [0.15, 0.2) is 24.3 Å². The first-order valence-corrected chi connectivity index (χ1v) is 9.25. The van der Waals surface area contributed by atoms with E-state index < -0.39 is 10.8 Å². The molecule has 3 nitrogen and oxygen atoms in total. The van der Waals surface area contributed by atoms with Crippen LogP contribution in [0, 0.1) is 0 Å². The zero-order chi connectivity index (χ0) is 14.4. The Bertz CT molecular complexity index is 427. The number of benzene rings is 1. The highest BCUT2D eigenvalue weighted by atomic mass is 32.2. The van der Waals surface area contributed by atoms with Gasteiger partial charge in [-0.15, -0.1) is 0 Å². The van der Waals surface area contributed by atoms with Gasteiger partial charge in [-0.3, -0.25) is 4.21 Å². The lowest BCUT2D eigenvalue weighted by Crippen LogP contribution is -2.27. The summed E-state index contributed by atoms with van der Waals surface area (Å²) in [5, 5.41) is 3.50. The Balaban J connectivity index is 1.77. The summed E-state index contributed by atoms with van der Waals surface area (Å²) in [4.78, 5) is 2.45. The topological polar surface area (TPSA) is 32.3 Å². The fraction of sp³-hybridized carbons (Fsp3) is 0.625. The SMILES string of the molecule is CC(CCS(C)=O)NCc1ccc(N2CCCC2)cc1. The van der Waals surface area contributed by atoms with Crippen LogP contribution in [-0.4, -0.2) is 35.3 Å². The third-order valence-corrected chi connectivity index (χ3v) is 4.71. The van der Waals surface area contributed by atoms with Crippen molar-refractivity contribution in [2.24, 2.45) is 0 Å². The molecule has 112 valence electrons. The van der Waals surface area contributed by atoms with Crippen molar-refractivity contribution in [3.8, 4) is 0 Å². The van der Waals surface area contributed by atoms with E-state index >= 15 is 0 Å². The first-order valence-electron chi connectivity index (χ1n) is 7.52. The van der Waals surface area contributed by atoms with Crippen LogP contribution in [0.3, 0.4) is 0 Å². The molecule has 1 fully saturated rings. The summed E-state index contributed by atoms with van der Waals surface area (Å²) in [6.07, 6.45) is 5.37. The minimum Gasteiger partial charge on any atom is -0.372 e. The van der Waals surface area contributed by atoms with Crippen molar-refractivity contribution in [3.05, 3.63) is 29.8 Å². The van der Waals surface area contributed by atoms with E-state index in [0.717, 1.165) is 18.7 Å². The molecule has 1 aliphatic rings. The summed E-state index contributed by atoms with van der Waals surface area (Å²) < 4.78 is 11.1. The number of nitrogens with one attached hydrogen (secondary N) is 1. The first-order chi connectivity index (χ1) is 9.65. The Morgan fingerprint density at radius 1 is 1.25 bits per heavy atom. The first kappa shape index (κ1) is 15.5. The Morgan fingerprint density at radius 2 is 1.90 bits per heavy atom. The van der Waals surface area contributed by atoms with Gasteiger partial charge in [0.05, 0.1) is 0 Å². The summed E-state index contributed by atoms with van der Waals surface area (Å²) in [6, 6.07) is 9.30. The second-order valence-corrected chi connectivity index (χ2v) is 7.26. The molecule has 0 aliphatic carbocycles. The Labute approximate surface area is 125 Å². The number of nitrogens with zero attached hydrogens (tertiary/aromatic N) is 1. The molecule has 0 saturated carbocycles. The van der Waals surface area contributed by atoms with Crippen molar-refractivity contribution in [1.29, 1.82) is 0 Å². The van der Waals surface area contributed by atoms with Gasteiger partial charge in [0.2, 0.25) is 0 Å². The molecule has 1 aromatic carbocycles. The molecule has 1 N–H and O–H groups in total. The van der Waals surface area contributed by atoms with Gasteiger partial charge in [0, 0.05) is 54.2 Å². The van der Waals surface area contributed by atoms with Gasteiger partial charge in [0.15, 0.2) is 0 Å². The molecule has 0 aromatic heterocycles. The van der Waals surface area contributed by atoms with E-state index in [1.165, 1.54) is 37.2 Å². The van der Waals surface area contributed by atoms with Crippen molar-refractivity contribution in [2.75, 3.05) is 30.0 Å². The number of rotatable bonds is 7. The van der Waals surface area contributed by atoms with E-state index in [4.69, 9.17) is 0 Å². The molecule has 0 bridgehead atoms. The maximum Gasteiger partial charge on any atom is 0.0366 e. The van der Waals surface area contributed by atoms with E-state index in [-0.39, 0.29) is 0 Å². The maximum atomic E-state index is 11.1. The van der Waals surface area contributed by atoms with Gasteiger partial charge in [0.25, 0.3) is 0 Å². The average molecular weight is 294 g/mol. The van der Waals surface area contributed by atoms with Gasteiger partial charge in [-0.25, -0.2) is 0 Å². The van der Waals surface area contributed by atoms with Crippen molar-refractivity contribution in [3.63, 3.8) is 0 Å². The third-order valence-electron chi connectivity index (χ3n) is 3.90. The van der Waals surface area contributed by atoms with Crippen LogP contribution in [0.2, 0.25) is 0 Å². The lowest BCUT2D eigenvalue weighted by molar-refractivity contribution is 0.535. The quantitative estimate of drug-likeness (QED) is 0.839. The minimum absolute atomic E-state index is 0.414. The van der Waals surface area contributed by atoms with Gasteiger partial charge in [-0.1, -0.05) is 12.1 Å². The van der Waals surface area contributed by atoms with E-state index in [2.05, 4.69) is 41.4 Å². The lowest BCUT2D eigenvalue weighted by Gasteiger charge is -2.18. The monoisotopic (exact) mass is 294 g/mol. The minimum atomic E-state index is -0.684. The Kier molecular flexibility index (Phi) is 6.05. The van der Waals surface area contributed by atoms with Gasteiger partial charge in [-0.05, 0) is 43.9 Å². The van der Waals surface area contributed by atoms with Gasteiger partial charge < -0.3 is 10.2 Å². The fourth-order valence-electron chi connectivity index (χ4n) is 2.54. The molecule has 1 saturated heterocycles. The molecular formula is C16H26N2OS. The summed E-state index contributed by atoms with van der Waals surface area (Å²) in [6.45, 7) is 5.44. The standard InChI is InChI=1S/C16H26N2OS/c1-14(9-12-20(2)19)17-13-15-5-7-16(8-6-15)18-10-3-4-11-18/h5-8,14,17H,3-4,9-13H2,1-2H3. The molecule has 0 amide bonds. The predicted octanol–water partition coefficient (Wildman–Crippen LogP) is 2.53. The Morgan fingerprint density at radius 3 is 2.50 bits per heavy atom. The van der Waals surface area contributed by atoms with Crippen LogP contribution in [-0.2, 0) is 17.3 Å². The Hall–Kier alpha value is -0.870. The highest BCUT2D eigenvalue weighted by Gasteiger charge is 2.11. The second-order valence-electron chi connectivity index (χ2n) is 5.71. The summed E-state index contributed by atoms with van der Waals surface area (Å²) in [5.41, 5.74) is 2.66. The molecule has 1 aliphatic heterocycles. The van der Waals surface area contributed by atoms with Gasteiger partial charge in [-0.2, -0.15) is 0 Å². The number of hydrogen-bond donors (Lipinski definition) is 1. The summed E-state index contributed by atoms with van der Waals surface area (Å²) >= 11 is 0. The molecule has 2 rings (SSSR count). The van der Waals surface area contributed by atoms with Crippen LogP contribution >= 0.6 is 0 Å². The molecule has 0 spiro atoms. The smallest absolute Gasteiger partial charge is 0.0366 e. The lowest BCUT2D eigenvalue weighted by atomic mass is 10.1. The largest absolute Gasteiger partial charge is 0.372 e. The van der Waals surface area contributed by atoms with Crippen LogP contribution in [0.5, 0.6) is 0 Å². The molecule has 1 aromatic rings. The second kappa shape index (κ2) is 7.79. The predicted molar refractivity (Wildman–Crippen MR) is 87.7 cm³/mol. The van der Waals surface area contributed by atoms with Gasteiger partial charge in [0.1, 0.15) is 0 Å². The van der Waals surface area contributed by atoms with Crippen LogP contribution < -0.4 is 10.2 Å². The van der Waals surface area contributed by atoms with Crippen molar-refractivity contribution in [2.45, 2.75) is 38.8 Å². The van der Waals surface area contributed by atoms with E-state index in [9.17, 15) is 4.21 Å². The number of anilines is 1. The normalized spacial score (nSPS) is 18.2. The molecule has 2 atom stereocenters. The van der Waals surface area contributed by atoms with Crippen molar-refractivity contribution < 1.29 is 4.21 Å². The summed E-state index contributed by atoms with van der Waals surface area (Å²) in [5.74, 6) is 0.780. The van der Waals surface area contributed by atoms with Crippen molar-refractivity contribution >= 4 is 16.5 Å². The zero-order valence-electron chi connectivity index (χ0n) is 12.6. The molecule has 1 heterocycles. The molecule has 20 heavy (non-hydrogen) atoms. The fourth-order valence-corrected chi connectivity index (χ4v) is 3.22. The zero-order valence-corrected chi connectivity index (χ0v) is 13.4. The van der Waals surface area contributed by atoms with Gasteiger partial charge >= 0.3 is 0 Å². The van der Waals surface area contributed by atoms with E-state index in [0.29, 0.717) is 6.04 Å². The highest BCUT2D eigenvalue weighted by molar-refractivity contribution is 7.84. The third kappa shape index (κ3) is 4.91. The molecular weight excluding hydrogens is 268 g/mol. The van der Waals surface area contributed by atoms with Crippen molar-refractivity contribution in [1.82, 2.24) is 5.32 Å². The van der Waals surface area contributed by atoms with Crippen LogP contribution in [0.25, 0.3) is 0 Å². The molecule has 2 unspecified atom stereocenters. The van der Waals surface area contributed by atoms with E-state index in [1.807, 2.05) is 0 Å². The number of hydrogen-bond acceptors (Lipinski definition) is 3. The summed E-state index contributed by atoms with van der Waals surface area (Å²) in [7, 11) is -0.684. The van der Waals surface area contributed by atoms with Crippen LogP contribution in [0.4, 0.5) is 5.69 Å². The maximum absolute atomic E-state index is 11.1.